The molecule has 0 aliphatic carbocycles. The molecule has 1 rings (SSSR count). The first-order chi connectivity index (χ1) is 5.92. The zero-order valence-corrected chi connectivity index (χ0v) is 8.85. The maximum absolute atomic E-state index is 5.51. The van der Waals surface area contributed by atoms with Gasteiger partial charge in [0, 0.05) is 13.0 Å². The van der Waals surface area contributed by atoms with Gasteiger partial charge >= 0.3 is 0 Å². The van der Waals surface area contributed by atoms with Gasteiger partial charge in [0.05, 0.1) is 5.69 Å². The largest absolute Gasteiger partial charge is 0.446 e. The minimum absolute atomic E-state index is 0.211. The van der Waals surface area contributed by atoms with Crippen molar-refractivity contribution >= 4 is 0 Å². The number of aromatic nitrogens is 1. The number of rotatable bonds is 2. The highest BCUT2D eigenvalue weighted by Gasteiger charge is 2.16. The van der Waals surface area contributed by atoms with Gasteiger partial charge in [-0.25, -0.2) is 4.98 Å². The van der Waals surface area contributed by atoms with Crippen LogP contribution in [0, 0.1) is 12.3 Å². The first-order valence-corrected chi connectivity index (χ1v) is 4.57. The maximum atomic E-state index is 5.51. The zero-order chi connectivity index (χ0) is 10.1. The molecule has 13 heavy (non-hydrogen) atoms. The Kier molecular flexibility index (Phi) is 2.76. The van der Waals surface area contributed by atoms with E-state index < -0.39 is 0 Å². The summed E-state index contributed by atoms with van der Waals surface area (Å²) in [7, 11) is 0. The molecule has 0 unspecified atom stereocenters. The van der Waals surface area contributed by atoms with Gasteiger partial charge in [-0.1, -0.05) is 20.8 Å². The number of hydrogen-bond acceptors (Lipinski definition) is 3. The first kappa shape index (κ1) is 10.3. The van der Waals surface area contributed by atoms with Crippen molar-refractivity contribution in [1.82, 2.24) is 4.98 Å². The Morgan fingerprint density at radius 1 is 1.38 bits per heavy atom. The second-order valence-electron chi connectivity index (χ2n) is 4.55. The highest BCUT2D eigenvalue weighted by Crippen LogP contribution is 2.21. The summed E-state index contributed by atoms with van der Waals surface area (Å²) in [5, 5.41) is 0. The van der Waals surface area contributed by atoms with Gasteiger partial charge in [0.1, 0.15) is 5.76 Å². The van der Waals surface area contributed by atoms with E-state index >= 15 is 0 Å². The molecule has 0 saturated carbocycles. The number of hydrogen-bond donors (Lipinski definition) is 1. The maximum Gasteiger partial charge on any atom is 0.195 e. The monoisotopic (exact) mass is 182 g/mol. The van der Waals surface area contributed by atoms with Crippen LogP contribution >= 0.6 is 0 Å². The van der Waals surface area contributed by atoms with Crippen molar-refractivity contribution in [3.8, 4) is 0 Å². The van der Waals surface area contributed by atoms with E-state index in [2.05, 4.69) is 25.8 Å². The average Bonchev–Trinajstić information content (AvgIpc) is 2.26. The summed E-state index contributed by atoms with van der Waals surface area (Å²) in [5.74, 6) is 1.65. The second-order valence-corrected chi connectivity index (χ2v) is 4.55. The third-order valence-electron chi connectivity index (χ3n) is 1.81. The minimum Gasteiger partial charge on any atom is -0.446 e. The van der Waals surface area contributed by atoms with Crippen LogP contribution in [0.4, 0.5) is 0 Å². The predicted octanol–water partition coefficient (Wildman–Crippen LogP) is 2.03. The number of nitrogens with zero attached hydrogens (tertiary/aromatic N) is 1. The fourth-order valence-corrected chi connectivity index (χ4v) is 1.21. The van der Waals surface area contributed by atoms with Crippen LogP contribution in [0.2, 0.25) is 0 Å². The highest BCUT2D eigenvalue weighted by atomic mass is 16.4. The molecular formula is C10H18N2O. The SMILES string of the molecule is Cc1oc(CC(C)(C)C)nc1CN. The zero-order valence-electron chi connectivity index (χ0n) is 8.85. The molecule has 0 radical (unpaired) electrons. The molecule has 1 heterocycles. The topological polar surface area (TPSA) is 52.0 Å². The van der Waals surface area contributed by atoms with Gasteiger partial charge < -0.3 is 10.2 Å². The van der Waals surface area contributed by atoms with Crippen LogP contribution in [0.3, 0.4) is 0 Å². The number of oxazole rings is 1. The van der Waals surface area contributed by atoms with E-state index in [-0.39, 0.29) is 5.41 Å². The normalized spacial score (nSPS) is 12.1. The van der Waals surface area contributed by atoms with Crippen LogP contribution in [0.5, 0.6) is 0 Å². The van der Waals surface area contributed by atoms with Crippen LogP contribution in [0.1, 0.15) is 38.1 Å². The van der Waals surface area contributed by atoms with Crippen molar-refractivity contribution in [2.24, 2.45) is 11.1 Å². The Balaban J connectivity index is 2.80. The van der Waals surface area contributed by atoms with Gasteiger partial charge in [-0.2, -0.15) is 0 Å². The van der Waals surface area contributed by atoms with Crippen molar-refractivity contribution < 1.29 is 4.42 Å². The molecule has 0 amide bonds. The van der Waals surface area contributed by atoms with E-state index in [0.717, 1.165) is 23.8 Å². The van der Waals surface area contributed by atoms with Crippen molar-refractivity contribution in [1.29, 1.82) is 0 Å². The smallest absolute Gasteiger partial charge is 0.195 e. The van der Waals surface area contributed by atoms with E-state index in [1.807, 2.05) is 6.92 Å². The van der Waals surface area contributed by atoms with E-state index in [9.17, 15) is 0 Å². The second kappa shape index (κ2) is 3.50. The van der Waals surface area contributed by atoms with Crippen molar-refractivity contribution in [2.75, 3.05) is 0 Å². The van der Waals surface area contributed by atoms with Crippen molar-refractivity contribution in [3.05, 3.63) is 17.3 Å². The van der Waals surface area contributed by atoms with E-state index in [1.165, 1.54) is 0 Å². The molecule has 0 spiro atoms. The van der Waals surface area contributed by atoms with Crippen LogP contribution in [-0.4, -0.2) is 4.98 Å². The molecule has 0 fully saturated rings. The molecule has 0 aliphatic rings. The van der Waals surface area contributed by atoms with Crippen LogP contribution in [-0.2, 0) is 13.0 Å². The lowest BCUT2D eigenvalue weighted by atomic mass is 9.92. The summed E-state index contributed by atoms with van der Waals surface area (Å²) in [4.78, 5) is 4.32. The molecule has 0 aromatic carbocycles. The molecule has 0 saturated heterocycles. The summed E-state index contributed by atoms with van der Waals surface area (Å²) in [6.07, 6.45) is 0.855. The lowest BCUT2D eigenvalue weighted by Crippen LogP contribution is -2.09. The Hall–Kier alpha value is -0.830. The van der Waals surface area contributed by atoms with Gasteiger partial charge in [-0.3, -0.25) is 0 Å². The van der Waals surface area contributed by atoms with Crippen molar-refractivity contribution in [3.63, 3.8) is 0 Å². The minimum atomic E-state index is 0.211. The fraction of sp³-hybridized carbons (Fsp3) is 0.700. The van der Waals surface area contributed by atoms with Gasteiger partial charge in [-0.15, -0.1) is 0 Å². The summed E-state index contributed by atoms with van der Waals surface area (Å²) < 4.78 is 5.49. The standard InChI is InChI=1S/C10H18N2O/c1-7-8(6-11)12-9(13-7)5-10(2,3)4/h5-6,11H2,1-4H3. The van der Waals surface area contributed by atoms with Crippen LogP contribution < -0.4 is 5.73 Å². The third kappa shape index (κ3) is 2.84. The molecular weight excluding hydrogens is 164 g/mol. The summed E-state index contributed by atoms with van der Waals surface area (Å²) >= 11 is 0. The summed E-state index contributed by atoms with van der Waals surface area (Å²) in [6, 6.07) is 0. The van der Waals surface area contributed by atoms with Crippen LogP contribution in [0.25, 0.3) is 0 Å². The molecule has 0 bridgehead atoms. The van der Waals surface area contributed by atoms with E-state index in [4.69, 9.17) is 10.2 Å². The quantitative estimate of drug-likeness (QED) is 0.761. The van der Waals surface area contributed by atoms with Crippen LogP contribution in [0.15, 0.2) is 4.42 Å². The summed E-state index contributed by atoms with van der Waals surface area (Å²) in [5.41, 5.74) is 6.59. The highest BCUT2D eigenvalue weighted by molar-refractivity contribution is 5.08. The molecule has 1 aromatic heterocycles. The average molecular weight is 182 g/mol. The lowest BCUT2D eigenvalue weighted by molar-refractivity contribution is 0.349. The van der Waals surface area contributed by atoms with Gasteiger partial charge in [0.2, 0.25) is 0 Å². The van der Waals surface area contributed by atoms with Crippen molar-refractivity contribution in [2.45, 2.75) is 40.7 Å². The molecule has 0 atom stereocenters. The molecule has 0 aliphatic heterocycles. The lowest BCUT2D eigenvalue weighted by Gasteiger charge is -2.14. The molecule has 3 nitrogen and oxygen atoms in total. The molecule has 3 heteroatoms. The Morgan fingerprint density at radius 2 is 2.00 bits per heavy atom. The van der Waals surface area contributed by atoms with Gasteiger partial charge in [0.25, 0.3) is 0 Å². The number of aryl methyl sites for hydroxylation is 1. The molecule has 1 aromatic rings. The van der Waals surface area contributed by atoms with E-state index in [0.29, 0.717) is 6.54 Å². The molecule has 2 N–H and O–H groups in total. The molecule has 74 valence electrons. The van der Waals surface area contributed by atoms with Gasteiger partial charge in [0.15, 0.2) is 5.89 Å². The van der Waals surface area contributed by atoms with Gasteiger partial charge in [-0.05, 0) is 12.3 Å². The number of nitrogens with two attached hydrogens (primary N) is 1. The fourth-order valence-electron chi connectivity index (χ4n) is 1.21. The Bertz CT molecular complexity index is 284. The summed E-state index contributed by atoms with van der Waals surface area (Å²) in [6.45, 7) is 8.85. The first-order valence-electron chi connectivity index (χ1n) is 4.57. The predicted molar refractivity (Wildman–Crippen MR) is 52.3 cm³/mol. The van der Waals surface area contributed by atoms with E-state index in [1.54, 1.807) is 0 Å². The Morgan fingerprint density at radius 3 is 2.38 bits per heavy atom. The Labute approximate surface area is 79.3 Å². The third-order valence-corrected chi connectivity index (χ3v) is 1.81.